The summed E-state index contributed by atoms with van der Waals surface area (Å²) in [7, 11) is 0. The third-order valence-electron chi connectivity index (χ3n) is 6.47. The summed E-state index contributed by atoms with van der Waals surface area (Å²) in [6, 6.07) is 10.2. The highest BCUT2D eigenvalue weighted by Gasteiger charge is 2.18. The first-order valence-electron chi connectivity index (χ1n) is 14.7. The van der Waals surface area contributed by atoms with Gasteiger partial charge in [0.05, 0.1) is 36.6 Å². The van der Waals surface area contributed by atoms with Crippen LogP contribution in [0.5, 0.6) is 0 Å². The normalized spacial score (nSPS) is 18.0. The molecule has 3 heteroatoms. The van der Waals surface area contributed by atoms with Gasteiger partial charge in [-0.3, -0.25) is 0 Å². The summed E-state index contributed by atoms with van der Waals surface area (Å²) < 4.78 is 17.2. The Morgan fingerprint density at radius 2 is 0.889 bits per heavy atom. The third-order valence-corrected chi connectivity index (χ3v) is 6.47. The minimum Gasteiger partial charge on any atom is -0.376 e. The Morgan fingerprint density at radius 3 is 1.22 bits per heavy atom. The average Bonchev–Trinajstić information content (AvgIpc) is 2.82. The largest absolute Gasteiger partial charge is 0.376 e. The van der Waals surface area contributed by atoms with Crippen LogP contribution in [0, 0.1) is 11.8 Å². The second-order valence-corrected chi connectivity index (χ2v) is 13.7. The first-order chi connectivity index (χ1) is 16.7. The Labute approximate surface area is 225 Å². The van der Waals surface area contributed by atoms with Crippen LogP contribution in [0.3, 0.4) is 0 Å². The van der Waals surface area contributed by atoms with Gasteiger partial charge in [-0.25, -0.2) is 0 Å². The molecule has 0 radical (unpaired) electrons. The van der Waals surface area contributed by atoms with Gasteiger partial charge in [-0.15, -0.1) is 0 Å². The number of benzene rings is 1. The molecule has 3 rings (SSSR count). The van der Waals surface area contributed by atoms with E-state index < -0.39 is 0 Å². The zero-order chi connectivity index (χ0) is 27.1. The monoisotopic (exact) mass is 504 g/mol. The lowest BCUT2D eigenvalue weighted by Gasteiger charge is -2.26. The van der Waals surface area contributed by atoms with Crippen molar-refractivity contribution in [3.05, 3.63) is 35.9 Å². The molecular weight excluding hydrogens is 444 g/mol. The summed E-state index contributed by atoms with van der Waals surface area (Å²) in [5.74, 6) is 1.69. The Bertz CT molecular complexity index is 604. The molecule has 0 bridgehead atoms. The highest BCUT2D eigenvalue weighted by Crippen LogP contribution is 2.26. The zero-order valence-electron chi connectivity index (χ0n) is 25.5. The molecular formula is C33H60O3. The maximum absolute atomic E-state index is 5.77. The van der Waals surface area contributed by atoms with Crippen molar-refractivity contribution in [3.63, 3.8) is 0 Å². The molecule has 0 atom stereocenters. The van der Waals surface area contributed by atoms with Crippen LogP contribution in [-0.4, -0.2) is 30.0 Å². The van der Waals surface area contributed by atoms with Crippen molar-refractivity contribution in [2.45, 2.75) is 150 Å². The van der Waals surface area contributed by atoms with Gasteiger partial charge in [0, 0.05) is 0 Å². The maximum atomic E-state index is 5.77. The molecule has 1 aromatic rings. The first-order valence-corrected chi connectivity index (χ1v) is 14.7. The minimum absolute atomic E-state index is 0.0458. The Morgan fingerprint density at radius 1 is 0.528 bits per heavy atom. The van der Waals surface area contributed by atoms with Gasteiger partial charge in [0.25, 0.3) is 0 Å². The van der Waals surface area contributed by atoms with Gasteiger partial charge in [-0.1, -0.05) is 68.9 Å². The van der Waals surface area contributed by atoms with Crippen LogP contribution in [0.1, 0.15) is 132 Å². The van der Waals surface area contributed by atoms with Crippen molar-refractivity contribution in [1.82, 2.24) is 0 Å². The number of hydrogen-bond acceptors (Lipinski definition) is 3. The molecule has 1 aromatic carbocycles. The summed E-state index contributed by atoms with van der Waals surface area (Å²) in [6.45, 7) is 21.7. The Kier molecular flexibility index (Phi) is 15.5. The van der Waals surface area contributed by atoms with Crippen LogP contribution < -0.4 is 0 Å². The molecule has 0 unspecified atom stereocenters. The van der Waals surface area contributed by atoms with E-state index in [4.69, 9.17) is 14.2 Å². The van der Waals surface area contributed by atoms with Crippen LogP contribution in [0.25, 0.3) is 0 Å². The van der Waals surface area contributed by atoms with Gasteiger partial charge in [0.15, 0.2) is 0 Å². The minimum atomic E-state index is -0.0458. The van der Waals surface area contributed by atoms with Gasteiger partial charge < -0.3 is 14.2 Å². The Hall–Kier alpha value is -0.900. The van der Waals surface area contributed by atoms with E-state index in [1.807, 2.05) is 18.2 Å². The fourth-order valence-corrected chi connectivity index (χ4v) is 4.32. The summed E-state index contributed by atoms with van der Waals surface area (Å²) in [5, 5.41) is 0. The van der Waals surface area contributed by atoms with Gasteiger partial charge in [-0.2, -0.15) is 0 Å². The highest BCUT2D eigenvalue weighted by molar-refractivity contribution is 5.13. The van der Waals surface area contributed by atoms with E-state index in [1.54, 1.807) is 0 Å². The fourth-order valence-electron chi connectivity index (χ4n) is 4.32. The second-order valence-electron chi connectivity index (χ2n) is 13.7. The van der Waals surface area contributed by atoms with Crippen molar-refractivity contribution in [2.75, 3.05) is 13.2 Å². The first kappa shape index (κ1) is 33.1. The summed E-state index contributed by atoms with van der Waals surface area (Å²) >= 11 is 0. The smallest absolute Gasteiger partial charge is 0.0724 e. The van der Waals surface area contributed by atoms with Crippen molar-refractivity contribution in [2.24, 2.45) is 11.8 Å². The van der Waals surface area contributed by atoms with Crippen LogP contribution in [-0.2, 0) is 20.8 Å². The van der Waals surface area contributed by atoms with Gasteiger partial charge >= 0.3 is 0 Å². The summed E-state index contributed by atoms with van der Waals surface area (Å²) in [4.78, 5) is 0. The van der Waals surface area contributed by atoms with Crippen LogP contribution in [0.15, 0.2) is 30.3 Å². The molecule has 0 aliphatic heterocycles. The lowest BCUT2D eigenvalue weighted by atomic mass is 9.90. The molecule has 2 fully saturated rings. The van der Waals surface area contributed by atoms with Gasteiger partial charge in [0.2, 0.25) is 0 Å². The molecule has 0 aromatic heterocycles. The molecule has 0 heterocycles. The topological polar surface area (TPSA) is 27.7 Å². The average molecular weight is 505 g/mol. The van der Waals surface area contributed by atoms with E-state index in [1.165, 1.54) is 69.8 Å². The molecule has 0 amide bonds. The van der Waals surface area contributed by atoms with Crippen LogP contribution in [0.4, 0.5) is 0 Å². The molecule has 2 aliphatic rings. The van der Waals surface area contributed by atoms with Crippen LogP contribution in [0.2, 0.25) is 0 Å². The van der Waals surface area contributed by atoms with Crippen molar-refractivity contribution in [3.8, 4) is 0 Å². The zero-order valence-corrected chi connectivity index (χ0v) is 25.5. The highest BCUT2D eigenvalue weighted by atomic mass is 16.5. The quantitative estimate of drug-likeness (QED) is 0.386. The predicted molar refractivity (Wildman–Crippen MR) is 156 cm³/mol. The Balaban J connectivity index is 0.000000270. The number of ether oxygens (including phenoxy) is 3. The third kappa shape index (κ3) is 20.2. The number of hydrogen-bond donors (Lipinski definition) is 0. The van der Waals surface area contributed by atoms with Gasteiger partial charge in [0.1, 0.15) is 0 Å². The fraction of sp³-hybridized carbons (Fsp3) is 0.818. The molecule has 0 saturated heterocycles. The van der Waals surface area contributed by atoms with Gasteiger partial charge in [-0.05, 0) is 105 Å². The van der Waals surface area contributed by atoms with Crippen molar-refractivity contribution in [1.29, 1.82) is 0 Å². The molecule has 2 saturated carbocycles. The molecule has 0 N–H and O–H groups in total. The summed E-state index contributed by atoms with van der Waals surface area (Å²) in [5.41, 5.74) is 1.29. The predicted octanol–water partition coefficient (Wildman–Crippen LogP) is 9.77. The molecule has 0 spiro atoms. The van der Waals surface area contributed by atoms with E-state index in [0.29, 0.717) is 6.61 Å². The van der Waals surface area contributed by atoms with Crippen molar-refractivity contribution < 1.29 is 14.2 Å². The summed E-state index contributed by atoms with van der Waals surface area (Å²) in [6.07, 6.45) is 14.1. The lowest BCUT2D eigenvalue weighted by molar-refractivity contribution is -0.0280. The molecule has 3 nitrogen and oxygen atoms in total. The van der Waals surface area contributed by atoms with E-state index in [0.717, 1.165) is 25.0 Å². The van der Waals surface area contributed by atoms with E-state index in [-0.39, 0.29) is 16.8 Å². The maximum Gasteiger partial charge on any atom is 0.0724 e. The lowest BCUT2D eigenvalue weighted by Crippen LogP contribution is -2.24. The SMILES string of the molecule is CC(C)(C)OCC1CCCCC1.CC(C)(C)OCC1CCCCC1.CC(C)(C)OCc1ccccc1. The number of rotatable bonds is 6. The van der Waals surface area contributed by atoms with E-state index in [2.05, 4.69) is 74.4 Å². The molecule has 2 aliphatic carbocycles. The molecule has 210 valence electrons. The van der Waals surface area contributed by atoms with E-state index >= 15 is 0 Å². The van der Waals surface area contributed by atoms with E-state index in [9.17, 15) is 0 Å². The molecule has 36 heavy (non-hydrogen) atoms. The second kappa shape index (κ2) is 16.8. The van der Waals surface area contributed by atoms with Crippen molar-refractivity contribution >= 4 is 0 Å². The standard InChI is InChI=1S/2C11H22O.C11H16O/c3*1-11(2,3)12-9-10-7-5-4-6-8-10/h2*10H,4-9H2,1-3H3;4-8H,9H2,1-3H3. The van der Waals surface area contributed by atoms with Crippen LogP contribution >= 0.6 is 0 Å².